The molecule has 0 fully saturated rings. The van der Waals surface area contributed by atoms with Crippen LogP contribution in [0.15, 0.2) is 29.6 Å². The van der Waals surface area contributed by atoms with Crippen molar-refractivity contribution >= 4 is 13.3 Å². The van der Waals surface area contributed by atoms with Gasteiger partial charge in [0.15, 0.2) is 0 Å². The van der Waals surface area contributed by atoms with Crippen LogP contribution in [0.25, 0.3) is 0 Å². The van der Waals surface area contributed by atoms with Crippen LogP contribution in [0.4, 0.5) is 0 Å². The molecule has 1 N–H and O–H groups in total. The predicted octanol–water partition coefficient (Wildman–Crippen LogP) is 0.243. The van der Waals surface area contributed by atoms with E-state index in [4.69, 9.17) is 14.4 Å². The fourth-order valence-electron chi connectivity index (χ4n) is 1.25. The molecule has 0 saturated carbocycles. The van der Waals surface area contributed by atoms with Gasteiger partial charge in [0.1, 0.15) is 23.4 Å². The summed E-state index contributed by atoms with van der Waals surface area (Å²) in [5, 5.41) is 9.16. The van der Waals surface area contributed by atoms with Crippen LogP contribution < -0.4 is 0 Å². The normalized spacial score (nSPS) is 19.1. The lowest BCUT2D eigenvalue weighted by Crippen LogP contribution is -2.30. The zero-order valence-electron chi connectivity index (χ0n) is 9.17. The Morgan fingerprint density at radius 1 is 1.62 bits per heavy atom. The third kappa shape index (κ3) is 3.08. The molecule has 0 aliphatic heterocycles. The number of hydrogen-bond acceptors (Lipinski definition) is 5. The Balaban J connectivity index is 2.78. The van der Waals surface area contributed by atoms with Crippen molar-refractivity contribution in [1.82, 2.24) is 0 Å². The number of hydrogen-bond donors (Lipinski definition) is 1. The molecule has 0 aromatic heterocycles. The summed E-state index contributed by atoms with van der Waals surface area (Å²) in [5.74, 6) is 2.15. The van der Waals surface area contributed by atoms with E-state index in [0.717, 1.165) is 0 Å². The van der Waals surface area contributed by atoms with Gasteiger partial charge in [-0.05, 0) is 13.0 Å². The molecule has 6 heteroatoms. The lowest BCUT2D eigenvalue weighted by atomic mass is 10.0. The molecule has 0 radical (unpaired) electrons. The zero-order chi connectivity index (χ0) is 12.0. The summed E-state index contributed by atoms with van der Waals surface area (Å²) in [6.07, 6.45) is 4.21. The highest BCUT2D eigenvalue weighted by Crippen LogP contribution is 2.21. The first-order valence-corrected chi connectivity index (χ1v) is 4.85. The third-order valence-electron chi connectivity index (χ3n) is 1.96. The molecule has 1 atom stereocenters. The van der Waals surface area contributed by atoms with Crippen molar-refractivity contribution in [3.63, 3.8) is 0 Å². The van der Waals surface area contributed by atoms with Crippen molar-refractivity contribution in [3.8, 4) is 0 Å². The molecule has 1 unspecified atom stereocenters. The minimum Gasteiger partial charge on any atom is -0.493 e. The molecule has 1 aliphatic carbocycles. The summed E-state index contributed by atoms with van der Waals surface area (Å²) < 4.78 is 14.8. The smallest absolute Gasteiger partial charge is 0.493 e. The minimum atomic E-state index is -1.39. The maximum absolute atomic E-state index is 10.8. The molecule has 0 aromatic rings. The molecule has 5 nitrogen and oxygen atoms in total. The van der Waals surface area contributed by atoms with E-state index >= 15 is 0 Å². The van der Waals surface area contributed by atoms with Gasteiger partial charge in [0.2, 0.25) is 0 Å². The molecule has 0 bridgehead atoms. The SMILES string of the molecule is CCOC1=CC=CC(OB(O)OC)C1=C=O. The number of ether oxygens (including phenoxy) is 1. The van der Waals surface area contributed by atoms with E-state index in [1.807, 2.05) is 0 Å². The van der Waals surface area contributed by atoms with Gasteiger partial charge in [-0.25, -0.2) is 4.79 Å². The summed E-state index contributed by atoms with van der Waals surface area (Å²) in [7, 11) is -0.0974. The van der Waals surface area contributed by atoms with Gasteiger partial charge in [-0.3, -0.25) is 0 Å². The molecule has 1 aliphatic rings. The van der Waals surface area contributed by atoms with E-state index < -0.39 is 13.4 Å². The molecule has 16 heavy (non-hydrogen) atoms. The van der Waals surface area contributed by atoms with Crippen LogP contribution >= 0.6 is 0 Å². The Kier molecular flexibility index (Phi) is 5.02. The van der Waals surface area contributed by atoms with Crippen LogP contribution in [0.1, 0.15) is 6.92 Å². The van der Waals surface area contributed by atoms with Gasteiger partial charge in [-0.2, -0.15) is 0 Å². The second kappa shape index (κ2) is 6.30. The average molecular weight is 224 g/mol. The Hall–Kier alpha value is -1.33. The fraction of sp³-hybridized carbons (Fsp3) is 0.400. The zero-order valence-corrected chi connectivity index (χ0v) is 9.17. The largest absolute Gasteiger partial charge is 0.637 e. The van der Waals surface area contributed by atoms with Gasteiger partial charge in [-0.1, -0.05) is 12.2 Å². The molecule has 0 heterocycles. The highest BCUT2D eigenvalue weighted by molar-refractivity contribution is 6.34. The molecule has 0 amide bonds. The maximum atomic E-state index is 10.8. The molecule has 0 saturated heterocycles. The minimum absolute atomic E-state index is 0.209. The van der Waals surface area contributed by atoms with E-state index in [0.29, 0.717) is 12.4 Å². The van der Waals surface area contributed by atoms with Crippen LogP contribution in [0.5, 0.6) is 0 Å². The fourth-order valence-corrected chi connectivity index (χ4v) is 1.25. The lowest BCUT2D eigenvalue weighted by Gasteiger charge is -2.20. The molecular formula is C10H13BO5. The first-order chi connectivity index (χ1) is 7.72. The Morgan fingerprint density at radius 2 is 2.38 bits per heavy atom. The summed E-state index contributed by atoms with van der Waals surface area (Å²) in [6, 6.07) is 0. The van der Waals surface area contributed by atoms with Crippen molar-refractivity contribution in [3.05, 3.63) is 29.6 Å². The van der Waals surface area contributed by atoms with E-state index in [9.17, 15) is 4.79 Å². The van der Waals surface area contributed by atoms with Gasteiger partial charge in [0, 0.05) is 7.11 Å². The molecule has 0 spiro atoms. The van der Waals surface area contributed by atoms with Crippen molar-refractivity contribution in [1.29, 1.82) is 0 Å². The third-order valence-corrected chi connectivity index (χ3v) is 1.96. The summed E-state index contributed by atoms with van der Waals surface area (Å²) in [6.45, 7) is 2.24. The first-order valence-electron chi connectivity index (χ1n) is 4.85. The second-order valence-electron chi connectivity index (χ2n) is 2.96. The highest BCUT2D eigenvalue weighted by Gasteiger charge is 2.27. The van der Waals surface area contributed by atoms with E-state index in [2.05, 4.69) is 4.65 Å². The first kappa shape index (κ1) is 12.7. The predicted molar refractivity (Wildman–Crippen MR) is 57.9 cm³/mol. The number of carbonyl (C=O) groups excluding carboxylic acids is 1. The summed E-state index contributed by atoms with van der Waals surface area (Å²) in [5.41, 5.74) is 0.209. The summed E-state index contributed by atoms with van der Waals surface area (Å²) in [4.78, 5) is 10.8. The van der Waals surface area contributed by atoms with Crippen molar-refractivity contribution in [2.24, 2.45) is 0 Å². The van der Waals surface area contributed by atoms with Crippen LogP contribution in [0.3, 0.4) is 0 Å². The summed E-state index contributed by atoms with van der Waals surface area (Å²) >= 11 is 0. The van der Waals surface area contributed by atoms with Gasteiger partial charge in [-0.15, -0.1) is 0 Å². The van der Waals surface area contributed by atoms with Gasteiger partial charge in [0.05, 0.1) is 6.61 Å². The van der Waals surface area contributed by atoms with Gasteiger partial charge < -0.3 is 19.1 Å². The number of rotatable bonds is 5. The quantitative estimate of drug-likeness (QED) is 0.535. The van der Waals surface area contributed by atoms with Crippen molar-refractivity contribution in [2.45, 2.75) is 13.0 Å². The highest BCUT2D eigenvalue weighted by atomic mass is 16.7. The standard InChI is InChI=1S/C10H13BO5/c1-3-15-9-5-4-6-10(8(9)7-12)16-11(13)14-2/h4-6,10,13H,3H2,1-2H3. The van der Waals surface area contributed by atoms with E-state index in [-0.39, 0.29) is 5.57 Å². The average Bonchev–Trinajstić information content (AvgIpc) is 2.29. The van der Waals surface area contributed by atoms with Crippen LogP contribution in [0, 0.1) is 0 Å². The number of allylic oxidation sites excluding steroid dienone is 2. The van der Waals surface area contributed by atoms with Gasteiger partial charge in [0.25, 0.3) is 0 Å². The topological polar surface area (TPSA) is 65.0 Å². The van der Waals surface area contributed by atoms with E-state index in [1.54, 1.807) is 31.1 Å². The molecule has 86 valence electrons. The van der Waals surface area contributed by atoms with Crippen LogP contribution in [-0.2, 0) is 18.8 Å². The molecule has 0 aromatic carbocycles. The Morgan fingerprint density at radius 3 is 2.94 bits per heavy atom. The second-order valence-corrected chi connectivity index (χ2v) is 2.96. The molecular weight excluding hydrogens is 211 g/mol. The van der Waals surface area contributed by atoms with Crippen LogP contribution in [0.2, 0.25) is 0 Å². The lowest BCUT2D eigenvalue weighted by molar-refractivity contribution is 0.135. The van der Waals surface area contributed by atoms with E-state index in [1.165, 1.54) is 7.11 Å². The Bertz CT molecular complexity index is 343. The Labute approximate surface area is 94.2 Å². The van der Waals surface area contributed by atoms with Gasteiger partial charge >= 0.3 is 7.32 Å². The van der Waals surface area contributed by atoms with Crippen LogP contribution in [-0.4, -0.2) is 38.1 Å². The van der Waals surface area contributed by atoms with Crippen molar-refractivity contribution in [2.75, 3.05) is 13.7 Å². The molecule has 1 rings (SSSR count). The monoisotopic (exact) mass is 224 g/mol. The van der Waals surface area contributed by atoms with Crippen molar-refractivity contribution < 1.29 is 23.9 Å². The maximum Gasteiger partial charge on any atom is 0.637 e.